The molecule has 0 spiro atoms. The minimum absolute atomic E-state index is 0.101. The lowest BCUT2D eigenvalue weighted by atomic mass is 10.1. The van der Waals surface area contributed by atoms with Crippen LogP contribution in [0.2, 0.25) is 0 Å². The Hall–Kier alpha value is -1.63. The van der Waals surface area contributed by atoms with Gasteiger partial charge in [-0.3, -0.25) is 4.79 Å². The van der Waals surface area contributed by atoms with E-state index in [-0.39, 0.29) is 11.5 Å². The molecule has 5 heteroatoms. The third-order valence-corrected chi connectivity index (χ3v) is 3.31. The van der Waals surface area contributed by atoms with Crippen LogP contribution in [-0.2, 0) is 7.05 Å². The van der Waals surface area contributed by atoms with Crippen LogP contribution in [0.4, 0.5) is 0 Å². The Morgan fingerprint density at radius 1 is 1.17 bits per heavy atom. The summed E-state index contributed by atoms with van der Waals surface area (Å²) < 4.78 is 2.48. The number of carbonyl (C=O) groups is 2. The minimum Gasteiger partial charge on any atom is -0.477 e. The summed E-state index contributed by atoms with van der Waals surface area (Å²) in [5, 5.41) is 8.93. The smallest absolute Gasteiger partial charge is 0.352 e. The van der Waals surface area contributed by atoms with E-state index in [1.165, 1.54) is 16.8 Å². The van der Waals surface area contributed by atoms with Gasteiger partial charge in [0.05, 0.1) is 0 Å². The number of hydrogen-bond donors (Lipinski definition) is 1. The van der Waals surface area contributed by atoms with Crippen LogP contribution in [0, 0.1) is 3.57 Å². The monoisotopic (exact) mass is 355 g/mol. The van der Waals surface area contributed by atoms with Crippen molar-refractivity contribution in [1.82, 2.24) is 4.57 Å². The molecule has 1 N–H and O–H groups in total. The fourth-order valence-electron chi connectivity index (χ4n) is 1.67. The molecule has 1 heterocycles. The summed E-state index contributed by atoms with van der Waals surface area (Å²) in [5.74, 6) is -1.21. The molecule has 92 valence electrons. The molecule has 1 aromatic heterocycles. The van der Waals surface area contributed by atoms with E-state index in [9.17, 15) is 9.59 Å². The molecule has 2 aromatic rings. The Balaban J connectivity index is 2.37. The highest BCUT2D eigenvalue weighted by atomic mass is 127. The van der Waals surface area contributed by atoms with Crippen molar-refractivity contribution >= 4 is 34.3 Å². The summed E-state index contributed by atoms with van der Waals surface area (Å²) in [4.78, 5) is 23.0. The Morgan fingerprint density at radius 3 is 2.28 bits per heavy atom. The maximum Gasteiger partial charge on any atom is 0.352 e. The molecule has 0 saturated heterocycles. The maximum atomic E-state index is 12.1. The zero-order valence-corrected chi connectivity index (χ0v) is 11.7. The van der Waals surface area contributed by atoms with Crippen molar-refractivity contribution < 1.29 is 14.7 Å². The van der Waals surface area contributed by atoms with Crippen LogP contribution in [0.5, 0.6) is 0 Å². The van der Waals surface area contributed by atoms with E-state index >= 15 is 0 Å². The van der Waals surface area contributed by atoms with Crippen molar-refractivity contribution in [2.24, 2.45) is 7.05 Å². The fourth-order valence-corrected chi connectivity index (χ4v) is 2.03. The predicted molar refractivity (Wildman–Crippen MR) is 75.0 cm³/mol. The zero-order valence-electron chi connectivity index (χ0n) is 9.55. The average Bonchev–Trinajstić information content (AvgIpc) is 2.71. The van der Waals surface area contributed by atoms with Crippen LogP contribution in [-0.4, -0.2) is 21.4 Å². The standard InChI is InChI=1S/C13H10INO3/c1-15-7-9(6-11(15)13(17)18)12(16)8-2-4-10(14)5-3-8/h2-7H,1H3,(H,17,18). The third kappa shape index (κ3) is 2.45. The lowest BCUT2D eigenvalue weighted by Crippen LogP contribution is -2.02. The van der Waals surface area contributed by atoms with Crippen LogP contribution in [0.25, 0.3) is 0 Å². The lowest BCUT2D eigenvalue weighted by Gasteiger charge is -1.98. The largest absolute Gasteiger partial charge is 0.477 e. The first-order valence-corrected chi connectivity index (χ1v) is 6.27. The van der Waals surface area contributed by atoms with E-state index in [0.29, 0.717) is 11.1 Å². The van der Waals surface area contributed by atoms with Gasteiger partial charge in [0.15, 0.2) is 5.78 Å². The van der Waals surface area contributed by atoms with E-state index in [1.807, 2.05) is 12.1 Å². The number of aromatic nitrogens is 1. The van der Waals surface area contributed by atoms with Crippen LogP contribution >= 0.6 is 22.6 Å². The summed E-state index contributed by atoms with van der Waals surface area (Å²) in [5.41, 5.74) is 1.04. The number of carboxylic acids is 1. The van der Waals surface area contributed by atoms with Crippen molar-refractivity contribution in [2.45, 2.75) is 0 Å². The summed E-state index contributed by atoms with van der Waals surface area (Å²) in [6, 6.07) is 8.54. The molecule has 0 aliphatic heterocycles. The topological polar surface area (TPSA) is 59.3 Å². The highest BCUT2D eigenvalue weighted by Gasteiger charge is 2.16. The van der Waals surface area contributed by atoms with Gasteiger partial charge in [-0.1, -0.05) is 0 Å². The molecule has 4 nitrogen and oxygen atoms in total. The van der Waals surface area contributed by atoms with E-state index in [2.05, 4.69) is 22.6 Å². The number of hydrogen-bond acceptors (Lipinski definition) is 2. The van der Waals surface area contributed by atoms with Crippen LogP contribution in [0.3, 0.4) is 0 Å². The minimum atomic E-state index is -1.04. The van der Waals surface area contributed by atoms with Gasteiger partial charge >= 0.3 is 5.97 Å². The third-order valence-electron chi connectivity index (χ3n) is 2.59. The van der Waals surface area contributed by atoms with Gasteiger partial charge in [-0.2, -0.15) is 0 Å². The number of ketones is 1. The average molecular weight is 355 g/mol. The molecular formula is C13H10INO3. The van der Waals surface area contributed by atoms with Gasteiger partial charge in [-0.05, 0) is 52.9 Å². The molecule has 0 unspecified atom stereocenters. The van der Waals surface area contributed by atoms with Gasteiger partial charge in [0.25, 0.3) is 0 Å². The number of carbonyl (C=O) groups excluding carboxylic acids is 1. The van der Waals surface area contributed by atoms with Crippen LogP contribution < -0.4 is 0 Å². The van der Waals surface area contributed by atoms with Gasteiger partial charge < -0.3 is 9.67 Å². The molecule has 2 rings (SSSR count). The number of nitrogens with zero attached hydrogens (tertiary/aromatic N) is 1. The Bertz CT molecular complexity index is 614. The second kappa shape index (κ2) is 4.93. The number of aromatic carboxylic acids is 1. The first-order chi connectivity index (χ1) is 8.49. The lowest BCUT2D eigenvalue weighted by molar-refractivity contribution is 0.0686. The Morgan fingerprint density at radius 2 is 1.78 bits per heavy atom. The van der Waals surface area contributed by atoms with Gasteiger partial charge in [-0.25, -0.2) is 4.79 Å². The molecular weight excluding hydrogens is 345 g/mol. The van der Waals surface area contributed by atoms with Crippen molar-refractivity contribution in [1.29, 1.82) is 0 Å². The summed E-state index contributed by atoms with van der Waals surface area (Å²) in [7, 11) is 1.61. The van der Waals surface area contributed by atoms with Crippen LogP contribution in [0.1, 0.15) is 26.4 Å². The maximum absolute atomic E-state index is 12.1. The molecule has 0 bridgehead atoms. The number of rotatable bonds is 3. The second-order valence-corrected chi connectivity index (χ2v) is 5.11. The SMILES string of the molecule is Cn1cc(C(=O)c2ccc(I)cc2)cc1C(=O)O. The molecule has 0 fully saturated rings. The number of aryl methyl sites for hydroxylation is 1. The molecule has 0 atom stereocenters. The normalized spacial score (nSPS) is 10.3. The molecule has 0 radical (unpaired) electrons. The highest BCUT2D eigenvalue weighted by Crippen LogP contribution is 2.14. The van der Waals surface area contributed by atoms with Gasteiger partial charge in [-0.15, -0.1) is 0 Å². The zero-order chi connectivity index (χ0) is 13.3. The van der Waals surface area contributed by atoms with Crippen molar-refractivity contribution in [2.75, 3.05) is 0 Å². The second-order valence-electron chi connectivity index (χ2n) is 3.87. The van der Waals surface area contributed by atoms with Crippen molar-refractivity contribution in [3.63, 3.8) is 0 Å². The molecule has 0 amide bonds. The molecule has 18 heavy (non-hydrogen) atoms. The van der Waals surface area contributed by atoms with E-state index in [1.54, 1.807) is 19.2 Å². The first-order valence-electron chi connectivity index (χ1n) is 5.19. The van der Waals surface area contributed by atoms with Crippen molar-refractivity contribution in [3.8, 4) is 0 Å². The summed E-state index contributed by atoms with van der Waals surface area (Å²) in [6.07, 6.45) is 1.53. The Kier molecular flexibility index (Phi) is 3.51. The number of halogens is 1. The first kappa shape index (κ1) is 12.8. The van der Waals surface area contributed by atoms with Gasteiger partial charge in [0.1, 0.15) is 5.69 Å². The fraction of sp³-hybridized carbons (Fsp3) is 0.0769. The van der Waals surface area contributed by atoms with E-state index in [4.69, 9.17) is 5.11 Å². The number of benzene rings is 1. The van der Waals surface area contributed by atoms with Crippen LogP contribution in [0.15, 0.2) is 36.5 Å². The molecule has 0 aliphatic rings. The highest BCUT2D eigenvalue weighted by molar-refractivity contribution is 14.1. The summed E-state index contributed by atoms with van der Waals surface area (Å²) >= 11 is 2.16. The van der Waals surface area contributed by atoms with Gasteiger partial charge in [0.2, 0.25) is 0 Å². The summed E-state index contributed by atoms with van der Waals surface area (Å²) in [6.45, 7) is 0. The van der Waals surface area contributed by atoms with E-state index in [0.717, 1.165) is 3.57 Å². The van der Waals surface area contributed by atoms with Crippen molar-refractivity contribution in [3.05, 3.63) is 56.9 Å². The molecule has 0 saturated carbocycles. The molecule has 0 aliphatic carbocycles. The van der Waals surface area contributed by atoms with Gasteiger partial charge in [0, 0.05) is 27.9 Å². The Labute approximate surface area is 117 Å². The quantitative estimate of drug-likeness (QED) is 0.680. The molecule has 1 aromatic carbocycles. The van der Waals surface area contributed by atoms with E-state index < -0.39 is 5.97 Å². The number of carboxylic acid groups (broad SMARTS) is 1. The predicted octanol–water partition coefficient (Wildman–Crippen LogP) is 2.56.